The van der Waals surface area contributed by atoms with Crippen LogP contribution < -0.4 is 30.8 Å². The topological polar surface area (TPSA) is 21.7 Å². The summed E-state index contributed by atoms with van der Waals surface area (Å²) in [6.07, 6.45) is 0. The molecule has 0 saturated carbocycles. The molecule has 3 heterocycles. The molecule has 0 saturated heterocycles. The normalized spacial score (nSPS) is 13.6. The molecule has 0 atom stereocenters. The molecule has 0 amide bonds. The number of benzene rings is 6. The second-order valence-corrected chi connectivity index (χ2v) is 11.6. The van der Waals surface area contributed by atoms with Crippen molar-refractivity contribution in [2.24, 2.45) is 0 Å². The van der Waals surface area contributed by atoms with Gasteiger partial charge in [-0.05, 0) is 82.7 Å². The van der Waals surface area contributed by atoms with Crippen molar-refractivity contribution < 1.29 is 9.47 Å². The van der Waals surface area contributed by atoms with Gasteiger partial charge in [0.25, 0.3) is 6.71 Å². The minimum absolute atomic E-state index is 0.0516. The minimum atomic E-state index is 0.0516. The van der Waals surface area contributed by atoms with Gasteiger partial charge in [-0.25, -0.2) is 0 Å². The largest absolute Gasteiger partial charge is 0.458 e. The first-order valence-corrected chi connectivity index (χ1v) is 14.6. The van der Waals surface area contributed by atoms with Crippen molar-refractivity contribution >= 4 is 51.9 Å². The average Bonchev–Trinajstić information content (AvgIpc) is 3.03. The summed E-state index contributed by atoms with van der Waals surface area (Å²) in [7, 11) is 0. The summed E-state index contributed by atoms with van der Waals surface area (Å²) >= 11 is 1.83. The quantitative estimate of drug-likeness (QED) is 0.206. The van der Waals surface area contributed by atoms with Gasteiger partial charge < -0.3 is 14.4 Å². The van der Waals surface area contributed by atoms with Crippen LogP contribution in [0.25, 0.3) is 11.1 Å². The first-order valence-electron chi connectivity index (χ1n) is 13.8. The Morgan fingerprint density at radius 1 is 0.488 bits per heavy atom. The van der Waals surface area contributed by atoms with E-state index in [4.69, 9.17) is 9.47 Å². The molecule has 3 nitrogen and oxygen atoms in total. The standard InChI is InChI=1S/C36H22BNO2S/c1-2-9-25(10-3-1)38-28-12-5-7-16-34(28)41-35-20-18-24(22-29(35)38)23-17-19-31-27(21-23)37-26-11-4-6-13-30(26)39-32-14-8-15-33(40-31)36(32)37/h1-22H. The van der Waals surface area contributed by atoms with E-state index in [0.717, 1.165) is 45.2 Å². The molecule has 0 bridgehead atoms. The number of nitrogens with zero attached hydrogens (tertiary/aromatic N) is 1. The molecule has 5 heteroatoms. The zero-order valence-electron chi connectivity index (χ0n) is 22.0. The minimum Gasteiger partial charge on any atom is -0.458 e. The summed E-state index contributed by atoms with van der Waals surface area (Å²) in [5.74, 6) is 3.53. The van der Waals surface area contributed by atoms with Crippen LogP contribution >= 0.6 is 11.8 Å². The van der Waals surface area contributed by atoms with E-state index in [1.807, 2.05) is 36.0 Å². The number of rotatable bonds is 2. The van der Waals surface area contributed by atoms with Gasteiger partial charge in [-0.15, -0.1) is 0 Å². The molecule has 6 aromatic carbocycles. The predicted octanol–water partition coefficient (Wildman–Crippen LogP) is 8.02. The lowest BCUT2D eigenvalue weighted by Crippen LogP contribution is -2.57. The highest BCUT2D eigenvalue weighted by molar-refractivity contribution is 7.99. The van der Waals surface area contributed by atoms with Gasteiger partial charge in [-0.1, -0.05) is 84.6 Å². The average molecular weight is 543 g/mol. The maximum Gasteiger partial charge on any atom is 0.260 e. The number of hydrogen-bond acceptors (Lipinski definition) is 4. The Hall–Kier alpha value is -4.87. The maximum atomic E-state index is 6.44. The lowest BCUT2D eigenvalue weighted by atomic mass is 9.35. The third-order valence-electron chi connectivity index (χ3n) is 8.18. The fourth-order valence-corrected chi connectivity index (χ4v) is 7.39. The molecule has 3 aliphatic rings. The number of anilines is 3. The molecule has 6 aromatic rings. The van der Waals surface area contributed by atoms with E-state index in [1.165, 1.54) is 32.2 Å². The second-order valence-electron chi connectivity index (χ2n) is 10.5. The SMILES string of the molecule is c1ccc(N2c3ccccc3Sc3ccc(-c4ccc5c(c4)B4c6ccccc6Oc6cccc(c64)O5)cc32)cc1. The van der Waals surface area contributed by atoms with Crippen molar-refractivity contribution in [2.45, 2.75) is 9.79 Å². The van der Waals surface area contributed by atoms with E-state index in [2.05, 4.69) is 114 Å². The Kier molecular flexibility index (Phi) is 4.93. The van der Waals surface area contributed by atoms with E-state index in [9.17, 15) is 0 Å². The molecule has 0 N–H and O–H groups in total. The number of ether oxygens (including phenoxy) is 2. The van der Waals surface area contributed by atoms with Gasteiger partial charge in [0.15, 0.2) is 0 Å². The van der Waals surface area contributed by atoms with Crippen LogP contribution in [-0.4, -0.2) is 6.71 Å². The summed E-state index contributed by atoms with van der Waals surface area (Å²) in [5, 5.41) is 0. The zero-order chi connectivity index (χ0) is 26.9. The molecule has 0 aromatic heterocycles. The van der Waals surface area contributed by atoms with Crippen molar-refractivity contribution in [3.8, 4) is 34.1 Å². The molecular formula is C36H22BNO2S. The van der Waals surface area contributed by atoms with Gasteiger partial charge in [0.05, 0.1) is 11.4 Å². The Bertz CT molecular complexity index is 1990. The maximum absolute atomic E-state index is 6.44. The van der Waals surface area contributed by atoms with Crippen molar-refractivity contribution in [3.63, 3.8) is 0 Å². The van der Waals surface area contributed by atoms with Gasteiger partial charge >= 0.3 is 0 Å². The van der Waals surface area contributed by atoms with Crippen LogP contribution in [-0.2, 0) is 0 Å². The van der Waals surface area contributed by atoms with Crippen LogP contribution in [0.5, 0.6) is 23.0 Å². The van der Waals surface area contributed by atoms with Gasteiger partial charge in [-0.3, -0.25) is 0 Å². The van der Waals surface area contributed by atoms with Crippen LogP contribution in [0.2, 0.25) is 0 Å². The van der Waals surface area contributed by atoms with E-state index >= 15 is 0 Å². The monoisotopic (exact) mass is 543 g/mol. The Morgan fingerprint density at radius 3 is 2.02 bits per heavy atom. The fourth-order valence-electron chi connectivity index (χ4n) is 6.35. The fraction of sp³-hybridized carbons (Fsp3) is 0. The Balaban J connectivity index is 1.20. The number of fused-ring (bicyclic) bond motifs is 6. The van der Waals surface area contributed by atoms with Crippen molar-refractivity contribution in [2.75, 3.05) is 4.90 Å². The third-order valence-corrected chi connectivity index (χ3v) is 9.31. The summed E-state index contributed by atoms with van der Waals surface area (Å²) in [6.45, 7) is 0.0516. The van der Waals surface area contributed by atoms with Crippen molar-refractivity contribution in [3.05, 3.63) is 133 Å². The predicted molar refractivity (Wildman–Crippen MR) is 168 cm³/mol. The highest BCUT2D eigenvalue weighted by Gasteiger charge is 2.40. The van der Waals surface area contributed by atoms with Gasteiger partial charge in [0, 0.05) is 20.9 Å². The van der Waals surface area contributed by atoms with E-state index in [-0.39, 0.29) is 6.71 Å². The molecule has 0 fully saturated rings. The first-order chi connectivity index (χ1) is 20.3. The molecule has 0 radical (unpaired) electrons. The Morgan fingerprint density at radius 2 is 1.15 bits per heavy atom. The molecule has 0 unspecified atom stereocenters. The lowest BCUT2D eigenvalue weighted by Gasteiger charge is -2.34. The highest BCUT2D eigenvalue weighted by atomic mass is 32.2. The van der Waals surface area contributed by atoms with E-state index < -0.39 is 0 Å². The smallest absolute Gasteiger partial charge is 0.260 e. The highest BCUT2D eigenvalue weighted by Crippen LogP contribution is 2.52. The summed E-state index contributed by atoms with van der Waals surface area (Å²) in [6, 6.07) is 47.1. The molecule has 41 heavy (non-hydrogen) atoms. The van der Waals surface area contributed by atoms with Crippen LogP contribution in [0.3, 0.4) is 0 Å². The summed E-state index contributed by atoms with van der Waals surface area (Å²) in [5.41, 5.74) is 9.32. The first kappa shape index (κ1) is 22.9. The van der Waals surface area contributed by atoms with Crippen LogP contribution in [0.1, 0.15) is 0 Å². The zero-order valence-corrected chi connectivity index (χ0v) is 22.8. The van der Waals surface area contributed by atoms with Gasteiger partial charge in [-0.2, -0.15) is 0 Å². The molecule has 3 aliphatic heterocycles. The van der Waals surface area contributed by atoms with E-state index in [1.54, 1.807) is 0 Å². The van der Waals surface area contributed by atoms with Crippen LogP contribution in [0.4, 0.5) is 17.1 Å². The molecule has 9 rings (SSSR count). The van der Waals surface area contributed by atoms with Crippen molar-refractivity contribution in [1.29, 1.82) is 0 Å². The number of para-hydroxylation sites is 3. The summed E-state index contributed by atoms with van der Waals surface area (Å²) in [4.78, 5) is 4.88. The van der Waals surface area contributed by atoms with Crippen LogP contribution in [0.15, 0.2) is 143 Å². The van der Waals surface area contributed by atoms with E-state index in [0.29, 0.717) is 0 Å². The van der Waals surface area contributed by atoms with Gasteiger partial charge in [0.1, 0.15) is 23.0 Å². The van der Waals surface area contributed by atoms with Crippen molar-refractivity contribution in [1.82, 2.24) is 0 Å². The molecular weight excluding hydrogens is 521 g/mol. The van der Waals surface area contributed by atoms with Crippen LogP contribution in [0, 0.1) is 0 Å². The molecule has 0 spiro atoms. The number of hydrogen-bond donors (Lipinski definition) is 0. The molecule has 0 aliphatic carbocycles. The third kappa shape index (κ3) is 3.49. The molecule has 192 valence electrons. The lowest BCUT2D eigenvalue weighted by molar-refractivity contribution is 0.464. The van der Waals surface area contributed by atoms with Gasteiger partial charge in [0.2, 0.25) is 0 Å². The Labute approximate surface area is 243 Å². The summed E-state index contributed by atoms with van der Waals surface area (Å²) < 4.78 is 12.8. The second kappa shape index (κ2) is 8.82.